The summed E-state index contributed by atoms with van der Waals surface area (Å²) in [6.07, 6.45) is 0. The van der Waals surface area contributed by atoms with E-state index in [9.17, 15) is 8.42 Å². The summed E-state index contributed by atoms with van der Waals surface area (Å²) in [6, 6.07) is 4.35. The van der Waals surface area contributed by atoms with E-state index >= 15 is 0 Å². The van der Waals surface area contributed by atoms with E-state index in [1.54, 1.807) is 6.07 Å². The third kappa shape index (κ3) is 2.28. The molecule has 0 aromatic heterocycles. The minimum Gasteiger partial charge on any atom is -0.399 e. The quantitative estimate of drug-likeness (QED) is 0.557. The first-order valence-electron chi connectivity index (χ1n) is 2.97. The number of nitrogen functional groups attached to an aromatic ring is 1. The molecule has 2 N–H and O–H groups in total. The molecule has 0 unspecified atom stereocenters. The minimum absolute atomic E-state index is 0.0489. The van der Waals surface area contributed by atoms with Crippen LogP contribution in [0.2, 0.25) is 5.02 Å². The first-order valence-corrected chi connectivity index (χ1v) is 4.44. The summed E-state index contributed by atoms with van der Waals surface area (Å²) < 4.78 is 24.7. The highest BCUT2D eigenvalue weighted by Gasteiger charge is 2.01. The van der Waals surface area contributed by atoms with E-state index in [0.29, 0.717) is 5.69 Å². The van der Waals surface area contributed by atoms with Crippen molar-refractivity contribution in [2.45, 2.75) is 0 Å². The van der Waals surface area contributed by atoms with Crippen LogP contribution in [0.25, 0.3) is 0 Å². The van der Waals surface area contributed by atoms with E-state index in [1.807, 2.05) is 0 Å². The van der Waals surface area contributed by atoms with Crippen LogP contribution < -0.4 is 9.92 Å². The highest BCUT2D eigenvalue weighted by Crippen LogP contribution is 2.26. The van der Waals surface area contributed by atoms with Gasteiger partial charge in [0.2, 0.25) is 0 Å². The Morgan fingerprint density at radius 2 is 2.08 bits per heavy atom. The summed E-state index contributed by atoms with van der Waals surface area (Å²) in [7, 11) is -2.95. The van der Waals surface area contributed by atoms with Crippen molar-refractivity contribution in [3.63, 3.8) is 0 Å². The van der Waals surface area contributed by atoms with Gasteiger partial charge in [0, 0.05) is 11.8 Å². The van der Waals surface area contributed by atoms with E-state index in [2.05, 4.69) is 4.18 Å². The molecule has 6 heteroatoms. The second-order valence-electron chi connectivity index (χ2n) is 2.00. The van der Waals surface area contributed by atoms with E-state index in [1.165, 1.54) is 12.1 Å². The maximum Gasteiger partial charge on any atom is 0.299 e. The lowest BCUT2D eigenvalue weighted by atomic mass is 10.3. The molecule has 0 bridgehead atoms. The van der Waals surface area contributed by atoms with Crippen molar-refractivity contribution < 1.29 is 12.6 Å². The SMILES string of the molecule is Nc1ccc(Cl)c(O[SH](=O)=O)c1. The summed E-state index contributed by atoms with van der Waals surface area (Å²) in [4.78, 5) is 0. The molecule has 0 fully saturated rings. The summed E-state index contributed by atoms with van der Waals surface area (Å²) in [5, 5.41) is 0.211. The number of nitrogens with two attached hydrogens (primary N) is 1. The average molecular weight is 208 g/mol. The number of thiol groups is 1. The second-order valence-corrected chi connectivity index (χ2v) is 3.04. The fourth-order valence-electron chi connectivity index (χ4n) is 0.670. The van der Waals surface area contributed by atoms with Gasteiger partial charge < -0.3 is 9.92 Å². The standard InChI is InChI=1S/C6H6ClNO3S/c7-5-2-1-4(8)3-6(5)11-12(9)10/h1-3,12H,8H2. The van der Waals surface area contributed by atoms with E-state index < -0.39 is 11.0 Å². The predicted molar refractivity (Wildman–Crippen MR) is 46.8 cm³/mol. The molecular formula is C6H6ClNO3S. The Hall–Kier alpha value is -0.940. The zero-order valence-electron chi connectivity index (χ0n) is 5.86. The Morgan fingerprint density at radius 1 is 1.42 bits per heavy atom. The molecule has 0 saturated carbocycles. The largest absolute Gasteiger partial charge is 0.399 e. The Morgan fingerprint density at radius 3 is 2.67 bits per heavy atom. The van der Waals surface area contributed by atoms with Crippen LogP contribution in [-0.4, -0.2) is 8.42 Å². The highest BCUT2D eigenvalue weighted by molar-refractivity contribution is 7.67. The zero-order valence-corrected chi connectivity index (χ0v) is 7.51. The molecule has 1 aromatic carbocycles. The maximum absolute atomic E-state index is 10.1. The molecule has 0 saturated heterocycles. The van der Waals surface area contributed by atoms with Gasteiger partial charge in [-0.1, -0.05) is 11.6 Å². The third-order valence-corrected chi connectivity index (χ3v) is 1.79. The number of hydrogen-bond donors (Lipinski definition) is 2. The molecule has 0 heterocycles. The maximum atomic E-state index is 10.1. The second kappa shape index (κ2) is 3.64. The lowest BCUT2D eigenvalue weighted by Crippen LogP contribution is -1.92. The van der Waals surface area contributed by atoms with Gasteiger partial charge in [-0.05, 0) is 12.1 Å². The van der Waals surface area contributed by atoms with Gasteiger partial charge in [-0.2, -0.15) is 8.42 Å². The van der Waals surface area contributed by atoms with Gasteiger partial charge in [0.15, 0.2) is 5.75 Å². The normalized spacial score (nSPS) is 10.2. The smallest absolute Gasteiger partial charge is 0.299 e. The van der Waals surface area contributed by atoms with Gasteiger partial charge in [-0.15, -0.1) is 0 Å². The Kier molecular flexibility index (Phi) is 2.78. The molecule has 0 aliphatic carbocycles. The monoisotopic (exact) mass is 207 g/mol. The van der Waals surface area contributed by atoms with E-state index in [0.717, 1.165) is 0 Å². The Labute approximate surface area is 76.1 Å². The lowest BCUT2D eigenvalue weighted by Gasteiger charge is -2.00. The van der Waals surface area contributed by atoms with Crippen LogP contribution >= 0.6 is 11.6 Å². The van der Waals surface area contributed by atoms with Crippen LogP contribution in [0.15, 0.2) is 18.2 Å². The first kappa shape index (κ1) is 9.15. The molecule has 4 nitrogen and oxygen atoms in total. The van der Waals surface area contributed by atoms with Crippen molar-refractivity contribution in [1.82, 2.24) is 0 Å². The van der Waals surface area contributed by atoms with Gasteiger partial charge in [0.25, 0.3) is 11.0 Å². The van der Waals surface area contributed by atoms with Gasteiger partial charge in [0.05, 0.1) is 5.02 Å². The van der Waals surface area contributed by atoms with Crippen LogP contribution in [-0.2, 0) is 11.0 Å². The number of halogens is 1. The van der Waals surface area contributed by atoms with Crippen LogP contribution in [0.1, 0.15) is 0 Å². The van der Waals surface area contributed by atoms with Gasteiger partial charge in [0.1, 0.15) is 0 Å². The Bertz CT molecular complexity index is 356. The van der Waals surface area contributed by atoms with Crippen LogP contribution in [0, 0.1) is 0 Å². The summed E-state index contributed by atoms with van der Waals surface area (Å²) in [5.41, 5.74) is 5.76. The number of benzene rings is 1. The van der Waals surface area contributed by atoms with Gasteiger partial charge >= 0.3 is 0 Å². The summed E-state index contributed by atoms with van der Waals surface area (Å²) >= 11 is 5.59. The number of hydrogen-bond acceptors (Lipinski definition) is 4. The van der Waals surface area contributed by atoms with Crippen LogP contribution in [0.5, 0.6) is 5.75 Å². The molecule has 1 aromatic rings. The number of rotatable bonds is 2. The van der Waals surface area contributed by atoms with Crippen molar-refractivity contribution in [3.8, 4) is 5.75 Å². The third-order valence-electron chi connectivity index (χ3n) is 1.13. The summed E-state index contributed by atoms with van der Waals surface area (Å²) in [5.74, 6) is 0.0489. The predicted octanol–water partition coefficient (Wildman–Crippen LogP) is 0.827. The Balaban J connectivity index is 3.05. The number of anilines is 1. The van der Waals surface area contributed by atoms with Crippen molar-refractivity contribution in [2.75, 3.05) is 5.73 Å². The van der Waals surface area contributed by atoms with Gasteiger partial charge in [-0.25, -0.2) is 0 Å². The highest BCUT2D eigenvalue weighted by atomic mass is 35.5. The molecule has 66 valence electrons. The topological polar surface area (TPSA) is 69.4 Å². The van der Waals surface area contributed by atoms with Crippen LogP contribution in [0.3, 0.4) is 0 Å². The molecule has 0 radical (unpaired) electrons. The van der Waals surface area contributed by atoms with Crippen molar-refractivity contribution in [3.05, 3.63) is 23.2 Å². The molecule has 1 rings (SSSR count). The van der Waals surface area contributed by atoms with Crippen molar-refractivity contribution >= 4 is 28.3 Å². The van der Waals surface area contributed by atoms with Gasteiger partial charge in [-0.3, -0.25) is 0 Å². The molecule has 0 aliphatic rings. The molecule has 0 aliphatic heterocycles. The zero-order chi connectivity index (χ0) is 9.14. The lowest BCUT2D eigenvalue weighted by molar-refractivity contribution is 0.511. The average Bonchev–Trinajstić information content (AvgIpc) is 1.96. The fraction of sp³-hybridized carbons (Fsp3) is 0. The molecule has 0 amide bonds. The van der Waals surface area contributed by atoms with Crippen molar-refractivity contribution in [2.24, 2.45) is 0 Å². The molecule has 12 heavy (non-hydrogen) atoms. The first-order chi connectivity index (χ1) is 5.59. The van der Waals surface area contributed by atoms with E-state index in [4.69, 9.17) is 17.3 Å². The minimum atomic E-state index is -2.95. The molecular weight excluding hydrogens is 202 g/mol. The summed E-state index contributed by atoms with van der Waals surface area (Å²) in [6.45, 7) is 0. The van der Waals surface area contributed by atoms with Crippen molar-refractivity contribution in [1.29, 1.82) is 0 Å². The van der Waals surface area contributed by atoms with E-state index in [-0.39, 0.29) is 10.8 Å². The fourth-order valence-corrected chi connectivity index (χ4v) is 1.19. The molecule has 0 atom stereocenters. The van der Waals surface area contributed by atoms with Crippen LogP contribution in [0.4, 0.5) is 5.69 Å². The molecule has 0 spiro atoms.